The van der Waals surface area contributed by atoms with Gasteiger partial charge in [0, 0.05) is 24.7 Å². The van der Waals surface area contributed by atoms with Gasteiger partial charge in [0.05, 0.1) is 0 Å². The van der Waals surface area contributed by atoms with Crippen molar-refractivity contribution in [2.45, 2.75) is 50.1 Å². The first-order valence-corrected chi connectivity index (χ1v) is 7.39. The zero-order chi connectivity index (χ0) is 11.9. The van der Waals surface area contributed by atoms with Gasteiger partial charge in [-0.1, -0.05) is 0 Å². The van der Waals surface area contributed by atoms with E-state index in [1.54, 1.807) is 0 Å². The lowest BCUT2D eigenvalue weighted by atomic mass is 9.86. The summed E-state index contributed by atoms with van der Waals surface area (Å²) in [5, 5.41) is 0. The van der Waals surface area contributed by atoms with Gasteiger partial charge < -0.3 is 10.6 Å². The van der Waals surface area contributed by atoms with Gasteiger partial charge in [0.2, 0.25) is 0 Å². The number of hydrogen-bond donors (Lipinski definition) is 1. The van der Waals surface area contributed by atoms with Crippen LogP contribution in [0.15, 0.2) is 0 Å². The molecule has 0 spiro atoms. The molecule has 3 atom stereocenters. The van der Waals surface area contributed by atoms with E-state index in [-0.39, 0.29) is 0 Å². The molecule has 3 aliphatic rings. The highest BCUT2D eigenvalue weighted by molar-refractivity contribution is 5.03. The number of likely N-dealkylation sites (tertiary alicyclic amines) is 2. The van der Waals surface area contributed by atoms with Gasteiger partial charge in [0.15, 0.2) is 0 Å². The third-order valence-corrected chi connectivity index (χ3v) is 5.54. The molecule has 3 fully saturated rings. The molecule has 3 heteroatoms. The lowest BCUT2D eigenvalue weighted by Gasteiger charge is -2.45. The maximum absolute atomic E-state index is 6.20. The monoisotopic (exact) mass is 237 g/mol. The molecular weight excluding hydrogens is 210 g/mol. The van der Waals surface area contributed by atoms with Crippen molar-refractivity contribution in [2.24, 2.45) is 11.7 Å². The number of piperidine rings is 1. The molecule has 0 aromatic carbocycles. The molecule has 2 heterocycles. The molecule has 0 amide bonds. The van der Waals surface area contributed by atoms with Crippen LogP contribution in [0.5, 0.6) is 0 Å². The Hall–Kier alpha value is -0.120. The maximum Gasteiger partial charge on any atom is 0.0347 e. The SMILES string of the molecule is CN1CCCC(CN)(N2CC3CCC2C3)CC1. The van der Waals surface area contributed by atoms with Crippen LogP contribution in [0.3, 0.4) is 0 Å². The van der Waals surface area contributed by atoms with Crippen molar-refractivity contribution in [3.05, 3.63) is 0 Å². The zero-order valence-corrected chi connectivity index (χ0v) is 11.2. The van der Waals surface area contributed by atoms with Gasteiger partial charge in [-0.25, -0.2) is 0 Å². The Morgan fingerprint density at radius 2 is 2.12 bits per heavy atom. The Morgan fingerprint density at radius 3 is 2.76 bits per heavy atom. The predicted molar refractivity (Wildman–Crippen MR) is 71.0 cm³/mol. The van der Waals surface area contributed by atoms with E-state index < -0.39 is 0 Å². The lowest BCUT2D eigenvalue weighted by Crippen LogP contribution is -2.57. The molecular formula is C14H27N3. The van der Waals surface area contributed by atoms with Crippen molar-refractivity contribution >= 4 is 0 Å². The van der Waals surface area contributed by atoms with Gasteiger partial charge in [-0.3, -0.25) is 4.90 Å². The summed E-state index contributed by atoms with van der Waals surface area (Å²) in [5.41, 5.74) is 6.54. The third kappa shape index (κ3) is 2.02. The number of hydrogen-bond acceptors (Lipinski definition) is 3. The average molecular weight is 237 g/mol. The van der Waals surface area contributed by atoms with Crippen LogP contribution in [0.4, 0.5) is 0 Å². The second-order valence-corrected chi connectivity index (χ2v) is 6.57. The molecule has 1 saturated carbocycles. The van der Waals surface area contributed by atoms with Crippen molar-refractivity contribution in [3.63, 3.8) is 0 Å². The molecule has 3 unspecified atom stereocenters. The number of nitrogens with two attached hydrogens (primary N) is 1. The molecule has 0 aromatic heterocycles. The van der Waals surface area contributed by atoms with Gasteiger partial charge in [0.25, 0.3) is 0 Å². The van der Waals surface area contributed by atoms with Crippen molar-refractivity contribution in [1.29, 1.82) is 0 Å². The molecule has 2 bridgehead atoms. The highest BCUT2D eigenvalue weighted by Gasteiger charge is 2.47. The van der Waals surface area contributed by atoms with Crippen LogP contribution in [-0.4, -0.2) is 54.6 Å². The van der Waals surface area contributed by atoms with Gasteiger partial charge in [-0.05, 0) is 64.6 Å². The van der Waals surface area contributed by atoms with E-state index >= 15 is 0 Å². The summed E-state index contributed by atoms with van der Waals surface area (Å²) in [6, 6.07) is 0.868. The fourth-order valence-corrected chi connectivity index (χ4v) is 4.43. The van der Waals surface area contributed by atoms with E-state index in [0.717, 1.165) is 18.5 Å². The van der Waals surface area contributed by atoms with Crippen LogP contribution in [0.1, 0.15) is 38.5 Å². The Kier molecular flexibility index (Phi) is 3.18. The van der Waals surface area contributed by atoms with Crippen LogP contribution < -0.4 is 5.73 Å². The number of rotatable bonds is 2. The van der Waals surface area contributed by atoms with Gasteiger partial charge in [0.1, 0.15) is 0 Å². The first-order valence-electron chi connectivity index (χ1n) is 7.39. The largest absolute Gasteiger partial charge is 0.329 e. The van der Waals surface area contributed by atoms with Crippen LogP contribution in [-0.2, 0) is 0 Å². The molecule has 98 valence electrons. The van der Waals surface area contributed by atoms with Crippen LogP contribution >= 0.6 is 0 Å². The van der Waals surface area contributed by atoms with Crippen molar-refractivity contribution in [1.82, 2.24) is 9.80 Å². The van der Waals surface area contributed by atoms with E-state index in [1.807, 2.05) is 0 Å². The second-order valence-electron chi connectivity index (χ2n) is 6.57. The fraction of sp³-hybridized carbons (Fsp3) is 1.00. The minimum absolute atomic E-state index is 0.338. The molecule has 0 radical (unpaired) electrons. The van der Waals surface area contributed by atoms with E-state index in [9.17, 15) is 0 Å². The van der Waals surface area contributed by atoms with Crippen molar-refractivity contribution in [3.8, 4) is 0 Å². The molecule has 1 aliphatic carbocycles. The molecule has 2 saturated heterocycles. The van der Waals surface area contributed by atoms with E-state index in [1.165, 1.54) is 58.2 Å². The standard InChI is InChI=1S/C14H27N3/c1-16-7-2-5-14(11-15,6-8-16)17-10-12-3-4-13(17)9-12/h12-13H,2-11,15H2,1H3. The molecule has 3 nitrogen and oxygen atoms in total. The summed E-state index contributed by atoms with van der Waals surface area (Å²) in [6.07, 6.45) is 8.28. The van der Waals surface area contributed by atoms with E-state index in [4.69, 9.17) is 5.73 Å². The Bertz CT molecular complexity index is 281. The predicted octanol–water partition coefficient (Wildman–Crippen LogP) is 1.28. The third-order valence-electron chi connectivity index (χ3n) is 5.54. The summed E-state index contributed by atoms with van der Waals surface area (Å²) in [5.74, 6) is 0.990. The van der Waals surface area contributed by atoms with Gasteiger partial charge in [-0.2, -0.15) is 0 Å². The van der Waals surface area contributed by atoms with Crippen molar-refractivity contribution in [2.75, 3.05) is 33.2 Å². The second kappa shape index (κ2) is 4.52. The molecule has 3 rings (SSSR count). The summed E-state index contributed by atoms with van der Waals surface area (Å²) < 4.78 is 0. The lowest BCUT2D eigenvalue weighted by molar-refractivity contribution is 0.0481. The molecule has 17 heavy (non-hydrogen) atoms. The Balaban J connectivity index is 1.76. The molecule has 0 aromatic rings. The van der Waals surface area contributed by atoms with Crippen LogP contribution in [0.2, 0.25) is 0 Å². The van der Waals surface area contributed by atoms with E-state index in [2.05, 4.69) is 16.8 Å². The first-order chi connectivity index (χ1) is 8.23. The first kappa shape index (κ1) is 11.9. The minimum atomic E-state index is 0.338. The summed E-state index contributed by atoms with van der Waals surface area (Å²) >= 11 is 0. The highest BCUT2D eigenvalue weighted by Crippen LogP contribution is 2.43. The topological polar surface area (TPSA) is 32.5 Å². The van der Waals surface area contributed by atoms with Gasteiger partial charge >= 0.3 is 0 Å². The van der Waals surface area contributed by atoms with Crippen molar-refractivity contribution < 1.29 is 0 Å². The quantitative estimate of drug-likeness (QED) is 0.785. The summed E-state index contributed by atoms with van der Waals surface area (Å²) in [4.78, 5) is 5.30. The fourth-order valence-electron chi connectivity index (χ4n) is 4.43. The van der Waals surface area contributed by atoms with Crippen LogP contribution in [0, 0.1) is 5.92 Å². The van der Waals surface area contributed by atoms with Gasteiger partial charge in [-0.15, -0.1) is 0 Å². The summed E-state index contributed by atoms with van der Waals surface area (Å²) in [6.45, 7) is 4.68. The zero-order valence-electron chi connectivity index (χ0n) is 11.2. The highest BCUT2D eigenvalue weighted by atomic mass is 15.3. The Labute approximate surface area is 105 Å². The number of fused-ring (bicyclic) bond motifs is 2. The molecule has 2 N–H and O–H groups in total. The maximum atomic E-state index is 6.20. The van der Waals surface area contributed by atoms with E-state index in [0.29, 0.717) is 5.54 Å². The van der Waals surface area contributed by atoms with Crippen LogP contribution in [0.25, 0.3) is 0 Å². The summed E-state index contributed by atoms with van der Waals surface area (Å²) in [7, 11) is 2.25. The Morgan fingerprint density at radius 1 is 1.24 bits per heavy atom. The molecule has 2 aliphatic heterocycles. The average Bonchev–Trinajstić information content (AvgIpc) is 2.91. The number of nitrogens with zero attached hydrogens (tertiary/aromatic N) is 2. The normalized spacial score (nSPS) is 44.1. The smallest absolute Gasteiger partial charge is 0.0347 e. The minimum Gasteiger partial charge on any atom is -0.329 e.